The van der Waals surface area contributed by atoms with Crippen LogP contribution in [-0.4, -0.2) is 52.5 Å². The number of carbonyl (C=O) groups excluding carboxylic acids is 1. The number of benzene rings is 1. The highest BCUT2D eigenvalue weighted by Gasteiger charge is 2.35. The van der Waals surface area contributed by atoms with Crippen LogP contribution in [0.4, 0.5) is 4.39 Å². The van der Waals surface area contributed by atoms with E-state index in [2.05, 4.69) is 10.3 Å². The van der Waals surface area contributed by atoms with Gasteiger partial charge < -0.3 is 15.0 Å². The summed E-state index contributed by atoms with van der Waals surface area (Å²) in [7, 11) is 1.44. The second-order valence-corrected chi connectivity index (χ2v) is 7.93. The molecule has 2 atom stereocenters. The molecule has 5 rings (SSSR count). The predicted molar refractivity (Wildman–Crippen MR) is 101 cm³/mol. The summed E-state index contributed by atoms with van der Waals surface area (Å²) in [4.78, 5) is 20.3. The lowest BCUT2D eigenvalue weighted by Gasteiger charge is -2.32. The van der Waals surface area contributed by atoms with Gasteiger partial charge in [-0.05, 0) is 31.0 Å². The smallest absolute Gasteiger partial charge is 0.271 e. The van der Waals surface area contributed by atoms with E-state index in [1.54, 1.807) is 18.3 Å². The van der Waals surface area contributed by atoms with Gasteiger partial charge in [0.2, 0.25) is 0 Å². The van der Waals surface area contributed by atoms with Gasteiger partial charge >= 0.3 is 0 Å². The largest absolute Gasteiger partial charge is 0.494 e. The number of aromatic nitrogens is 2. The van der Waals surface area contributed by atoms with Crippen LogP contribution in [-0.2, 0) is 0 Å². The molecule has 2 aliphatic heterocycles. The number of thiazole rings is 1. The topological polar surface area (TPSA) is 58.9 Å². The van der Waals surface area contributed by atoms with Crippen molar-refractivity contribution in [1.82, 2.24) is 19.6 Å². The molecule has 2 bridgehead atoms. The van der Waals surface area contributed by atoms with Crippen molar-refractivity contribution in [1.29, 1.82) is 0 Å². The Morgan fingerprint density at radius 1 is 1.33 bits per heavy atom. The van der Waals surface area contributed by atoms with Crippen molar-refractivity contribution in [3.8, 4) is 17.0 Å². The third-order valence-electron chi connectivity index (χ3n) is 5.38. The van der Waals surface area contributed by atoms with Crippen molar-refractivity contribution in [2.24, 2.45) is 0 Å². The van der Waals surface area contributed by atoms with E-state index in [4.69, 9.17) is 4.74 Å². The summed E-state index contributed by atoms with van der Waals surface area (Å²) < 4.78 is 20.8. The molecule has 2 saturated heterocycles. The van der Waals surface area contributed by atoms with Gasteiger partial charge in [-0.2, -0.15) is 0 Å². The monoisotopic (exact) mass is 386 g/mol. The summed E-state index contributed by atoms with van der Waals surface area (Å²) >= 11 is 1.42. The molecule has 4 heterocycles. The minimum atomic E-state index is -0.432. The zero-order valence-corrected chi connectivity index (χ0v) is 15.6. The first kappa shape index (κ1) is 16.7. The number of halogens is 1. The number of nitrogens with one attached hydrogen (secondary N) is 1. The molecule has 0 unspecified atom stereocenters. The first-order valence-corrected chi connectivity index (χ1v) is 9.86. The normalized spacial score (nSPS) is 21.8. The second-order valence-electron chi connectivity index (χ2n) is 7.10. The average Bonchev–Trinajstić information content (AvgIpc) is 3.35. The van der Waals surface area contributed by atoms with Crippen LogP contribution in [0.15, 0.2) is 29.8 Å². The summed E-state index contributed by atoms with van der Waals surface area (Å²) in [5.74, 6) is -0.201. The van der Waals surface area contributed by atoms with Crippen LogP contribution in [0.1, 0.15) is 23.3 Å². The van der Waals surface area contributed by atoms with Crippen LogP contribution in [0.25, 0.3) is 16.2 Å². The fourth-order valence-electron chi connectivity index (χ4n) is 4.03. The minimum absolute atomic E-state index is 0.0320. The van der Waals surface area contributed by atoms with Gasteiger partial charge in [-0.3, -0.25) is 9.20 Å². The Bertz CT molecular complexity index is 1020. The van der Waals surface area contributed by atoms with Crippen LogP contribution in [0.3, 0.4) is 0 Å². The van der Waals surface area contributed by atoms with E-state index >= 15 is 0 Å². The SMILES string of the molecule is COc1ccc(-c2cn3c(C(=O)N4C[C@H]5CC[C@@H](C4)N5)csc3n2)cc1F. The van der Waals surface area contributed by atoms with Gasteiger partial charge in [0.1, 0.15) is 5.69 Å². The highest BCUT2D eigenvalue weighted by Crippen LogP contribution is 2.28. The van der Waals surface area contributed by atoms with Crippen LogP contribution >= 0.6 is 11.3 Å². The standard InChI is InChI=1S/C19H19FN4O2S/c1-26-17-5-2-11(6-14(17)20)15-9-24-16(10-27-19(24)22-15)18(25)23-7-12-3-4-13(8-23)21-12/h2,5-6,9-10,12-13,21H,3-4,7-8H2,1H3/t12-,13+. The molecule has 8 heteroatoms. The zero-order valence-electron chi connectivity index (χ0n) is 14.8. The van der Waals surface area contributed by atoms with Crippen LogP contribution in [0.5, 0.6) is 5.75 Å². The lowest BCUT2D eigenvalue weighted by molar-refractivity contribution is 0.0691. The second kappa shape index (κ2) is 6.31. The molecule has 2 aliphatic rings. The molecular formula is C19H19FN4O2S. The summed E-state index contributed by atoms with van der Waals surface area (Å²) in [5, 5.41) is 5.40. The Balaban J connectivity index is 1.46. The van der Waals surface area contributed by atoms with Gasteiger partial charge in [0, 0.05) is 42.3 Å². The molecule has 0 saturated carbocycles. The summed E-state index contributed by atoms with van der Waals surface area (Å²) in [5.41, 5.74) is 1.91. The van der Waals surface area contributed by atoms with Gasteiger partial charge in [-0.15, -0.1) is 11.3 Å². The van der Waals surface area contributed by atoms with Crippen molar-refractivity contribution in [3.05, 3.63) is 41.3 Å². The maximum absolute atomic E-state index is 14.0. The first-order chi connectivity index (χ1) is 13.1. The molecule has 1 N–H and O–H groups in total. The molecular weight excluding hydrogens is 367 g/mol. The molecule has 27 heavy (non-hydrogen) atoms. The Morgan fingerprint density at radius 3 is 2.81 bits per heavy atom. The van der Waals surface area contributed by atoms with E-state index in [0.29, 0.717) is 29.0 Å². The van der Waals surface area contributed by atoms with E-state index in [-0.39, 0.29) is 11.7 Å². The summed E-state index contributed by atoms with van der Waals surface area (Å²) in [6.45, 7) is 1.50. The Labute approximate surface area is 159 Å². The van der Waals surface area contributed by atoms with E-state index < -0.39 is 5.82 Å². The lowest BCUT2D eigenvalue weighted by Crippen LogP contribution is -2.53. The number of nitrogens with zero attached hydrogens (tertiary/aromatic N) is 3. The third-order valence-corrected chi connectivity index (χ3v) is 6.22. The number of carbonyl (C=O) groups is 1. The Morgan fingerprint density at radius 2 is 2.11 bits per heavy atom. The number of hydrogen-bond acceptors (Lipinski definition) is 5. The number of fused-ring (bicyclic) bond motifs is 3. The number of imidazole rings is 1. The van der Waals surface area contributed by atoms with E-state index in [1.165, 1.54) is 24.5 Å². The fraction of sp³-hybridized carbons (Fsp3) is 0.368. The van der Waals surface area contributed by atoms with Crippen molar-refractivity contribution >= 4 is 22.2 Å². The molecule has 0 spiro atoms. The quantitative estimate of drug-likeness (QED) is 0.752. The highest BCUT2D eigenvalue weighted by atomic mass is 32.1. The lowest BCUT2D eigenvalue weighted by atomic mass is 10.1. The highest BCUT2D eigenvalue weighted by molar-refractivity contribution is 7.15. The van der Waals surface area contributed by atoms with Gasteiger partial charge in [-0.25, -0.2) is 9.37 Å². The molecule has 6 nitrogen and oxygen atoms in total. The van der Waals surface area contributed by atoms with Crippen molar-refractivity contribution < 1.29 is 13.9 Å². The van der Waals surface area contributed by atoms with Gasteiger partial charge in [0.15, 0.2) is 16.5 Å². The molecule has 0 aliphatic carbocycles. The first-order valence-electron chi connectivity index (χ1n) is 8.98. The number of likely N-dealkylation sites (tertiary alicyclic amines) is 1. The van der Waals surface area contributed by atoms with Crippen molar-refractivity contribution in [2.75, 3.05) is 20.2 Å². The molecule has 2 aromatic heterocycles. The minimum Gasteiger partial charge on any atom is -0.494 e. The van der Waals surface area contributed by atoms with Gasteiger partial charge in [-0.1, -0.05) is 0 Å². The van der Waals surface area contributed by atoms with E-state index in [9.17, 15) is 9.18 Å². The molecule has 140 valence electrons. The van der Waals surface area contributed by atoms with Crippen LogP contribution < -0.4 is 10.1 Å². The number of piperazine rings is 1. The predicted octanol–water partition coefficient (Wildman–Crippen LogP) is 2.79. The van der Waals surface area contributed by atoms with Crippen LogP contribution in [0, 0.1) is 5.82 Å². The maximum Gasteiger partial charge on any atom is 0.271 e. The number of amides is 1. The molecule has 2 fully saturated rings. The number of methoxy groups -OCH3 is 1. The molecule has 1 aromatic carbocycles. The van der Waals surface area contributed by atoms with E-state index in [0.717, 1.165) is 30.9 Å². The van der Waals surface area contributed by atoms with Gasteiger partial charge in [0.25, 0.3) is 5.91 Å². The number of hydrogen-bond donors (Lipinski definition) is 1. The van der Waals surface area contributed by atoms with E-state index in [1.807, 2.05) is 14.7 Å². The fourth-order valence-corrected chi connectivity index (χ4v) is 4.87. The van der Waals surface area contributed by atoms with Crippen molar-refractivity contribution in [3.63, 3.8) is 0 Å². The molecule has 1 amide bonds. The number of ether oxygens (including phenoxy) is 1. The van der Waals surface area contributed by atoms with Gasteiger partial charge in [0.05, 0.1) is 12.8 Å². The Kier molecular flexibility index (Phi) is 3.91. The maximum atomic E-state index is 14.0. The van der Waals surface area contributed by atoms with Crippen LogP contribution in [0.2, 0.25) is 0 Å². The zero-order chi connectivity index (χ0) is 18.5. The Hall–Kier alpha value is -2.45. The summed E-state index contributed by atoms with van der Waals surface area (Å²) in [6, 6.07) is 5.57. The van der Waals surface area contributed by atoms with Crippen molar-refractivity contribution in [2.45, 2.75) is 24.9 Å². The number of rotatable bonds is 3. The average molecular weight is 386 g/mol. The molecule has 0 radical (unpaired) electrons. The molecule has 3 aromatic rings. The summed E-state index contributed by atoms with van der Waals surface area (Å²) in [6.07, 6.45) is 4.06. The third kappa shape index (κ3) is 2.80.